The molecule has 0 fully saturated rings. The van der Waals surface area contributed by atoms with Crippen LogP contribution in [-0.2, 0) is 43.9 Å². The van der Waals surface area contributed by atoms with E-state index in [9.17, 15) is 9.59 Å². The van der Waals surface area contributed by atoms with Crippen LogP contribution in [0.3, 0.4) is 0 Å². The first-order valence-electron chi connectivity index (χ1n) is 6.79. The van der Waals surface area contributed by atoms with Crippen LogP contribution in [0.1, 0.15) is 21.5 Å². The minimum absolute atomic E-state index is 0. The van der Waals surface area contributed by atoms with Gasteiger partial charge in [0.05, 0.1) is 6.41 Å². The number of carbonyl (C=O) groups is 1. The average Bonchev–Trinajstić information content (AvgIpc) is 2.98. The summed E-state index contributed by atoms with van der Waals surface area (Å²) in [5.74, 6) is -0.510. The second-order valence-electron chi connectivity index (χ2n) is 4.76. The topological polar surface area (TPSA) is 98.7 Å². The fraction of sp³-hybridized carbons (Fsp3) is 0.0588. The summed E-state index contributed by atoms with van der Waals surface area (Å²) in [6.07, 6.45) is 4.46. The van der Waals surface area contributed by atoms with Crippen LogP contribution in [0.5, 0.6) is 5.75 Å². The van der Waals surface area contributed by atoms with E-state index in [0.717, 1.165) is 12.1 Å². The first-order chi connectivity index (χ1) is 11.1. The first-order valence-corrected chi connectivity index (χ1v) is 6.79. The first kappa shape index (κ1) is 20.0. The number of phenols is 1. The van der Waals surface area contributed by atoms with Crippen LogP contribution in [0.4, 0.5) is 0 Å². The van der Waals surface area contributed by atoms with Crippen LogP contribution in [0.2, 0.25) is 0 Å². The molecule has 0 spiro atoms. The number of hydroxylamine groups is 1. The van der Waals surface area contributed by atoms with Crippen LogP contribution in [0.15, 0.2) is 54.2 Å². The largest absolute Gasteiger partial charge is 0.508 e. The van der Waals surface area contributed by atoms with E-state index in [1.165, 1.54) is 40.9 Å². The van der Waals surface area contributed by atoms with Crippen molar-refractivity contribution in [3.63, 3.8) is 0 Å². The van der Waals surface area contributed by atoms with Gasteiger partial charge in [0, 0.05) is 38.3 Å². The number of allylic oxidation sites excluding steroid dienone is 1. The Bertz CT molecular complexity index is 730. The molecule has 0 aromatic heterocycles. The molecule has 24 heavy (non-hydrogen) atoms. The Morgan fingerprint density at radius 3 is 2.33 bits per heavy atom. The molecule has 1 aliphatic rings. The van der Waals surface area contributed by atoms with E-state index in [2.05, 4.69) is 11.4 Å². The van der Waals surface area contributed by atoms with Crippen molar-refractivity contribution in [3.8, 4) is 5.75 Å². The van der Waals surface area contributed by atoms with Gasteiger partial charge in [0.15, 0.2) is 0 Å². The summed E-state index contributed by atoms with van der Waals surface area (Å²) in [6.45, 7) is 0. The molecule has 1 radical (unpaired) electrons. The average molecular weight is 400 g/mol. The summed E-state index contributed by atoms with van der Waals surface area (Å²) in [6, 6.07) is 13.6. The van der Waals surface area contributed by atoms with Crippen LogP contribution in [0.25, 0.3) is 6.08 Å². The van der Waals surface area contributed by atoms with Crippen LogP contribution < -0.4 is 10.8 Å². The van der Waals surface area contributed by atoms with E-state index in [1.807, 2.05) is 24.3 Å². The summed E-state index contributed by atoms with van der Waals surface area (Å²) in [7, 11) is 0. The molecule has 0 saturated carbocycles. The van der Waals surface area contributed by atoms with Gasteiger partial charge in [-0.15, -0.1) is 11.8 Å². The van der Waals surface area contributed by atoms with Crippen molar-refractivity contribution >= 4 is 18.4 Å². The Kier molecular flexibility index (Phi) is 8.33. The Hall–Kier alpha value is -2.02. The van der Waals surface area contributed by atoms with Gasteiger partial charge >= 0.3 is 0 Å². The van der Waals surface area contributed by atoms with Gasteiger partial charge in [-0.25, -0.2) is 5.48 Å². The quantitative estimate of drug-likeness (QED) is 0.273. The Labute approximate surface area is 164 Å². The number of amides is 2. The van der Waals surface area contributed by atoms with Gasteiger partial charge < -0.3 is 15.2 Å². The van der Waals surface area contributed by atoms with Crippen molar-refractivity contribution in [2.24, 2.45) is 0 Å². The van der Waals surface area contributed by atoms with Gasteiger partial charge in [0.2, 0.25) is 0 Å². The van der Waals surface area contributed by atoms with Crippen molar-refractivity contribution in [1.82, 2.24) is 10.8 Å². The van der Waals surface area contributed by atoms with Crippen molar-refractivity contribution in [2.45, 2.75) is 6.42 Å². The van der Waals surface area contributed by atoms with Crippen LogP contribution in [0, 0.1) is 0 Å². The van der Waals surface area contributed by atoms with Gasteiger partial charge in [-0.1, -0.05) is 36.2 Å². The molecule has 2 aromatic rings. The molecule has 2 aromatic carbocycles. The van der Waals surface area contributed by atoms with E-state index >= 15 is 0 Å². The smallest absolute Gasteiger partial charge is 0.274 e. The molecule has 7 heteroatoms. The van der Waals surface area contributed by atoms with Gasteiger partial charge in [-0.3, -0.25) is 10.0 Å². The maximum absolute atomic E-state index is 10.7. The van der Waals surface area contributed by atoms with E-state index in [4.69, 9.17) is 10.3 Å². The van der Waals surface area contributed by atoms with E-state index in [-0.39, 0.29) is 38.5 Å². The van der Waals surface area contributed by atoms with Crippen LogP contribution >= 0.6 is 0 Å². The number of phenolic OH excluding ortho intramolecular Hbond substituents is 1. The maximum atomic E-state index is 10.7. The molecule has 0 aliphatic heterocycles. The zero-order valence-corrected chi connectivity index (χ0v) is 15.5. The number of hydrogen-bond acceptors (Lipinski definition) is 4. The molecule has 1 aliphatic carbocycles. The molecule has 0 heterocycles. The number of benzene rings is 2. The Morgan fingerprint density at radius 2 is 1.75 bits per heavy atom. The van der Waals surface area contributed by atoms with E-state index in [0.29, 0.717) is 5.56 Å². The minimum atomic E-state index is -0.593. The predicted molar refractivity (Wildman–Crippen MR) is 84.3 cm³/mol. The van der Waals surface area contributed by atoms with Gasteiger partial charge in [0.1, 0.15) is 5.75 Å². The van der Waals surface area contributed by atoms with E-state index < -0.39 is 5.91 Å². The molecule has 3 rings (SSSR count). The third-order valence-corrected chi connectivity index (χ3v) is 3.21. The fourth-order valence-corrected chi connectivity index (χ4v) is 2.10. The monoisotopic (exact) mass is 400 g/mol. The zero-order chi connectivity index (χ0) is 16.7. The molecule has 2 amide bonds. The number of nitrogens with one attached hydrogen (secondary N) is 2. The predicted octanol–water partition coefficient (Wildman–Crippen LogP) is 1.75. The third kappa shape index (κ3) is 5.56. The second-order valence-corrected chi connectivity index (χ2v) is 4.76. The molecule has 0 atom stereocenters. The molecule has 4 N–H and O–H groups in total. The number of fused-ring (bicyclic) bond motifs is 1. The molecule has 0 bridgehead atoms. The molecule has 121 valence electrons. The molecule has 0 unspecified atom stereocenters. The molecular weight excluding hydrogens is 385 g/mol. The summed E-state index contributed by atoms with van der Waals surface area (Å²) in [4.78, 5) is 20.7. The normalized spacial score (nSPS) is 11.0. The molecule has 6 nitrogen and oxygen atoms in total. The van der Waals surface area contributed by atoms with Crippen molar-refractivity contribution in [2.75, 3.05) is 0 Å². The maximum Gasteiger partial charge on any atom is 0.274 e. The number of aromatic hydroxyl groups is 1. The summed E-state index contributed by atoms with van der Waals surface area (Å²) in [5, 5.41) is 19.6. The summed E-state index contributed by atoms with van der Waals surface area (Å²) < 4.78 is 0. The van der Waals surface area contributed by atoms with Gasteiger partial charge in [-0.05, 0) is 29.8 Å². The van der Waals surface area contributed by atoms with Gasteiger partial charge in [0.25, 0.3) is 5.91 Å². The summed E-state index contributed by atoms with van der Waals surface area (Å²) in [5.41, 5.74) is 5.15. The van der Waals surface area contributed by atoms with Crippen LogP contribution in [-0.4, -0.2) is 22.6 Å². The van der Waals surface area contributed by atoms with Crippen molar-refractivity contribution in [1.29, 1.82) is 0 Å². The van der Waals surface area contributed by atoms with Crippen molar-refractivity contribution in [3.05, 3.63) is 70.9 Å². The zero-order valence-electron chi connectivity index (χ0n) is 12.7. The number of rotatable bonds is 3. The standard InChI is InChI=1S/C10H8NO.C7H7NO3.Y/c12-7-11-10-5-8-3-1-2-4-9(8)6-10;9-6-3-1-5(2-4-6)7(10)8-11;/h1-5H,6H2,(H,11,12);1-4,9,11H,(H,8,10);/q-1;;. The second kappa shape index (κ2) is 9.98. The number of carbonyl (C=O) groups excluding carboxylic acids is 2. The fourth-order valence-electron chi connectivity index (χ4n) is 2.10. The number of hydrogen-bond donors (Lipinski definition) is 4. The minimum Gasteiger partial charge on any atom is -0.508 e. The Morgan fingerprint density at radius 1 is 1.08 bits per heavy atom. The molecule has 0 saturated heterocycles. The van der Waals surface area contributed by atoms with Crippen molar-refractivity contribution < 1.29 is 52.6 Å². The summed E-state index contributed by atoms with van der Waals surface area (Å²) >= 11 is 0. The van der Waals surface area contributed by atoms with Gasteiger partial charge in [-0.2, -0.15) is 0 Å². The SMILES string of the molecule is O=C(NO)c1ccc(O)cc1.O=[C-]NC1=Cc2ccccc2C1.[Y]. The van der Waals surface area contributed by atoms with E-state index in [1.54, 1.807) is 6.41 Å². The Balaban J connectivity index is 0.000000232. The molecular formula is C17H15N2O4Y-. The third-order valence-electron chi connectivity index (χ3n) is 3.21.